The Balaban J connectivity index is 1.72. The van der Waals surface area contributed by atoms with Gasteiger partial charge < -0.3 is 19.7 Å². The number of carbonyl (C=O) groups excluding carboxylic acids is 1. The first-order valence-corrected chi connectivity index (χ1v) is 9.74. The zero-order valence-corrected chi connectivity index (χ0v) is 16.5. The Hall–Kier alpha value is -3.46. The first-order chi connectivity index (χ1) is 14.0. The molecule has 6 nitrogen and oxygen atoms in total. The van der Waals surface area contributed by atoms with Crippen LogP contribution in [0.4, 0.5) is 4.79 Å². The number of aromatic nitrogens is 1. The number of nitrogens with zero attached hydrogens (tertiary/aromatic N) is 2. The van der Waals surface area contributed by atoms with E-state index in [0.717, 1.165) is 27.7 Å². The summed E-state index contributed by atoms with van der Waals surface area (Å²) in [4.78, 5) is 12.1. The number of amides is 1. The number of fused-ring (bicyclic) bond motifs is 3. The molecule has 3 aromatic rings. The number of para-hydroxylation sites is 1. The van der Waals surface area contributed by atoms with Crippen LogP contribution in [0.5, 0.6) is 5.75 Å². The number of nitrogens with one attached hydrogen (secondary N) is 1. The molecule has 0 fully saturated rings. The predicted octanol–water partition coefficient (Wildman–Crippen LogP) is 3.87. The standard InChI is InChI=1S/C23H23N3O3/c1-14(2)29-23(28)25-17-10-19-18-9-15(12-24)7-8-20(18)26(21(19)11-17)13-16-5-3-4-6-22(16)27/h3-9,14,17,27H,10-11,13H2,1-2H3,(H,25,28). The van der Waals surface area contributed by atoms with E-state index in [1.54, 1.807) is 12.1 Å². The lowest BCUT2D eigenvalue weighted by Gasteiger charge is -2.16. The molecular weight excluding hydrogens is 366 g/mol. The number of phenolic OH excluding ortho intramolecular Hbond substituents is 1. The molecule has 0 saturated carbocycles. The molecule has 0 aliphatic heterocycles. The molecule has 6 heteroatoms. The molecule has 1 amide bonds. The lowest BCUT2D eigenvalue weighted by molar-refractivity contribution is 0.112. The molecule has 1 unspecified atom stereocenters. The SMILES string of the molecule is CC(C)OC(=O)NC1Cc2c(n(Cc3ccccc3O)c3ccc(C#N)cc23)C1. The van der Waals surface area contributed by atoms with Crippen molar-refractivity contribution in [2.45, 2.75) is 45.4 Å². The zero-order chi connectivity index (χ0) is 20.5. The van der Waals surface area contributed by atoms with Crippen molar-refractivity contribution in [1.82, 2.24) is 9.88 Å². The van der Waals surface area contributed by atoms with E-state index in [-0.39, 0.29) is 17.9 Å². The monoisotopic (exact) mass is 389 g/mol. The third-order valence-corrected chi connectivity index (χ3v) is 5.29. The van der Waals surface area contributed by atoms with Crippen LogP contribution in [0.2, 0.25) is 0 Å². The Kier molecular flexibility index (Phi) is 4.89. The van der Waals surface area contributed by atoms with Crippen molar-refractivity contribution in [2.75, 3.05) is 0 Å². The summed E-state index contributed by atoms with van der Waals surface area (Å²) in [5.41, 5.74) is 4.72. The fraction of sp³-hybridized carbons (Fsp3) is 0.304. The maximum absolute atomic E-state index is 12.1. The van der Waals surface area contributed by atoms with Gasteiger partial charge in [-0.05, 0) is 50.1 Å². The van der Waals surface area contributed by atoms with Crippen molar-refractivity contribution in [1.29, 1.82) is 5.26 Å². The lowest BCUT2D eigenvalue weighted by atomic mass is 10.1. The fourth-order valence-corrected chi connectivity index (χ4v) is 4.07. The quantitative estimate of drug-likeness (QED) is 0.709. The second kappa shape index (κ2) is 7.51. The van der Waals surface area contributed by atoms with Crippen LogP contribution in [0.1, 0.15) is 36.2 Å². The molecule has 0 spiro atoms. The summed E-state index contributed by atoms with van der Waals surface area (Å²) in [6.07, 6.45) is 0.770. The van der Waals surface area contributed by atoms with Crippen LogP contribution in [0.3, 0.4) is 0 Å². The molecule has 0 bridgehead atoms. The van der Waals surface area contributed by atoms with E-state index >= 15 is 0 Å². The maximum atomic E-state index is 12.1. The van der Waals surface area contributed by atoms with Crippen LogP contribution in [0, 0.1) is 11.3 Å². The van der Waals surface area contributed by atoms with Crippen LogP contribution in [-0.4, -0.2) is 27.9 Å². The molecule has 1 atom stereocenters. The average Bonchev–Trinajstić information content (AvgIpc) is 3.20. The number of hydrogen-bond acceptors (Lipinski definition) is 4. The molecule has 2 N–H and O–H groups in total. The summed E-state index contributed by atoms with van der Waals surface area (Å²) in [5, 5.41) is 23.5. The Labute approximate surface area is 169 Å². The third-order valence-electron chi connectivity index (χ3n) is 5.29. The van der Waals surface area contributed by atoms with Crippen LogP contribution < -0.4 is 5.32 Å². The van der Waals surface area contributed by atoms with Gasteiger partial charge in [0.1, 0.15) is 5.75 Å². The van der Waals surface area contributed by atoms with Crippen LogP contribution in [-0.2, 0) is 24.1 Å². The Bertz CT molecular complexity index is 1120. The van der Waals surface area contributed by atoms with Gasteiger partial charge in [0.2, 0.25) is 0 Å². The second-order valence-corrected chi connectivity index (χ2v) is 7.69. The molecule has 0 saturated heterocycles. The van der Waals surface area contributed by atoms with Crippen LogP contribution >= 0.6 is 0 Å². The molecule has 4 rings (SSSR count). The van der Waals surface area contributed by atoms with Gasteiger partial charge in [-0.25, -0.2) is 4.79 Å². The summed E-state index contributed by atoms with van der Waals surface area (Å²) in [6.45, 7) is 4.16. The summed E-state index contributed by atoms with van der Waals surface area (Å²) < 4.78 is 7.40. The highest BCUT2D eigenvalue weighted by Gasteiger charge is 2.30. The minimum absolute atomic E-state index is 0.0583. The van der Waals surface area contributed by atoms with Gasteiger partial charge in [0.15, 0.2) is 0 Å². The first-order valence-electron chi connectivity index (χ1n) is 9.74. The predicted molar refractivity (Wildman–Crippen MR) is 110 cm³/mol. The number of benzene rings is 2. The molecule has 1 aliphatic carbocycles. The normalized spacial score (nSPS) is 15.3. The number of nitriles is 1. The lowest BCUT2D eigenvalue weighted by Crippen LogP contribution is -2.37. The van der Waals surface area contributed by atoms with E-state index < -0.39 is 6.09 Å². The molecule has 1 heterocycles. The largest absolute Gasteiger partial charge is 0.508 e. The highest BCUT2D eigenvalue weighted by molar-refractivity contribution is 5.88. The van der Waals surface area contributed by atoms with E-state index in [4.69, 9.17) is 4.74 Å². The number of ether oxygens (including phenoxy) is 1. The number of carbonyl (C=O) groups is 1. The van der Waals surface area contributed by atoms with E-state index in [0.29, 0.717) is 24.9 Å². The minimum Gasteiger partial charge on any atom is -0.508 e. The zero-order valence-electron chi connectivity index (χ0n) is 16.5. The number of phenols is 1. The van der Waals surface area contributed by atoms with Crippen LogP contribution in [0.15, 0.2) is 42.5 Å². The van der Waals surface area contributed by atoms with Crippen molar-refractivity contribution >= 4 is 17.0 Å². The van der Waals surface area contributed by atoms with E-state index in [9.17, 15) is 15.2 Å². The fourth-order valence-electron chi connectivity index (χ4n) is 4.07. The first kappa shape index (κ1) is 18.9. The van der Waals surface area contributed by atoms with Crippen molar-refractivity contribution in [3.63, 3.8) is 0 Å². The highest BCUT2D eigenvalue weighted by atomic mass is 16.6. The van der Waals surface area contributed by atoms with Crippen molar-refractivity contribution in [2.24, 2.45) is 0 Å². The van der Waals surface area contributed by atoms with Gasteiger partial charge >= 0.3 is 6.09 Å². The Morgan fingerprint density at radius 3 is 2.83 bits per heavy atom. The van der Waals surface area contributed by atoms with Gasteiger partial charge in [0.05, 0.1) is 24.3 Å². The van der Waals surface area contributed by atoms with Gasteiger partial charge in [-0.1, -0.05) is 18.2 Å². The molecule has 29 heavy (non-hydrogen) atoms. The molecular formula is C23H23N3O3. The molecule has 1 aliphatic rings. The summed E-state index contributed by atoms with van der Waals surface area (Å²) in [6, 6.07) is 15.1. The van der Waals surface area contributed by atoms with E-state index in [2.05, 4.69) is 16.0 Å². The highest BCUT2D eigenvalue weighted by Crippen LogP contribution is 2.35. The molecule has 0 radical (unpaired) electrons. The Morgan fingerprint density at radius 1 is 1.31 bits per heavy atom. The van der Waals surface area contributed by atoms with Gasteiger partial charge in [-0.15, -0.1) is 0 Å². The summed E-state index contributed by atoms with van der Waals surface area (Å²) in [5.74, 6) is 0.255. The van der Waals surface area contributed by atoms with Crippen LogP contribution in [0.25, 0.3) is 10.9 Å². The molecule has 1 aromatic heterocycles. The maximum Gasteiger partial charge on any atom is 0.407 e. The Morgan fingerprint density at radius 2 is 2.10 bits per heavy atom. The van der Waals surface area contributed by atoms with Crippen molar-refractivity contribution in [3.05, 3.63) is 64.8 Å². The smallest absolute Gasteiger partial charge is 0.407 e. The topological polar surface area (TPSA) is 87.3 Å². The van der Waals surface area contributed by atoms with E-state index in [1.807, 2.05) is 44.2 Å². The summed E-state index contributed by atoms with van der Waals surface area (Å²) >= 11 is 0. The van der Waals surface area contributed by atoms with Crippen molar-refractivity contribution < 1.29 is 14.6 Å². The third kappa shape index (κ3) is 3.64. The summed E-state index contributed by atoms with van der Waals surface area (Å²) in [7, 11) is 0. The second-order valence-electron chi connectivity index (χ2n) is 7.69. The van der Waals surface area contributed by atoms with E-state index in [1.165, 1.54) is 0 Å². The van der Waals surface area contributed by atoms with Gasteiger partial charge in [-0.2, -0.15) is 5.26 Å². The minimum atomic E-state index is -0.413. The van der Waals surface area contributed by atoms with Crippen molar-refractivity contribution in [3.8, 4) is 11.8 Å². The average molecular weight is 389 g/mol. The molecule has 2 aromatic carbocycles. The number of hydrogen-bond donors (Lipinski definition) is 2. The van der Waals surface area contributed by atoms with Gasteiger partial charge in [0, 0.05) is 34.6 Å². The number of rotatable bonds is 4. The molecule has 148 valence electrons. The van der Waals surface area contributed by atoms with Gasteiger partial charge in [-0.3, -0.25) is 0 Å². The number of alkyl carbamates (subject to hydrolysis) is 1. The number of aromatic hydroxyl groups is 1. The van der Waals surface area contributed by atoms with Gasteiger partial charge in [0.25, 0.3) is 0 Å².